The van der Waals surface area contributed by atoms with Gasteiger partial charge in [-0.15, -0.1) is 0 Å². The number of nitrogens with zero attached hydrogens (tertiary/aromatic N) is 3. The topological polar surface area (TPSA) is 99.2 Å². The van der Waals surface area contributed by atoms with E-state index in [1.807, 2.05) is 36.4 Å². The van der Waals surface area contributed by atoms with E-state index in [1.54, 1.807) is 18.2 Å². The van der Waals surface area contributed by atoms with Crippen LogP contribution in [0.2, 0.25) is 0 Å². The minimum Gasteiger partial charge on any atom is -0.495 e. The van der Waals surface area contributed by atoms with Crippen molar-refractivity contribution in [3.63, 3.8) is 0 Å². The Balaban J connectivity index is 1.51. The first-order valence-electron chi connectivity index (χ1n) is 9.00. The largest absolute Gasteiger partial charge is 0.495 e. The average molecular weight is 390 g/mol. The molecule has 2 aromatic carbocycles. The van der Waals surface area contributed by atoms with Gasteiger partial charge in [0.1, 0.15) is 17.0 Å². The van der Waals surface area contributed by atoms with Crippen molar-refractivity contribution in [1.29, 1.82) is 0 Å². The number of methoxy groups -OCH3 is 1. The molecule has 0 aliphatic heterocycles. The molecule has 2 heterocycles. The van der Waals surface area contributed by atoms with Crippen molar-refractivity contribution in [3.8, 4) is 17.0 Å². The maximum Gasteiger partial charge on any atom is 0.299 e. The molecule has 0 aliphatic rings. The highest BCUT2D eigenvalue weighted by molar-refractivity contribution is 5.92. The Morgan fingerprint density at radius 3 is 2.69 bits per heavy atom. The average Bonchev–Trinajstić information content (AvgIpc) is 3.19. The van der Waals surface area contributed by atoms with Gasteiger partial charge in [-0.2, -0.15) is 0 Å². The Morgan fingerprint density at radius 2 is 1.90 bits per heavy atom. The predicted molar refractivity (Wildman–Crippen MR) is 108 cm³/mol. The number of rotatable bonds is 6. The first kappa shape index (κ1) is 18.4. The number of hydrogen-bond donors (Lipinski definition) is 1. The number of carbonyl (C=O) groups is 1. The summed E-state index contributed by atoms with van der Waals surface area (Å²) in [6.07, 6.45) is 1.50. The number of hydrogen-bond acceptors (Lipinski definition) is 6. The van der Waals surface area contributed by atoms with Gasteiger partial charge < -0.3 is 14.6 Å². The van der Waals surface area contributed by atoms with Crippen molar-refractivity contribution >= 4 is 22.7 Å². The molecule has 0 spiro atoms. The molecule has 0 fully saturated rings. The first-order valence-corrected chi connectivity index (χ1v) is 9.00. The highest BCUT2D eigenvalue weighted by Crippen LogP contribution is 2.24. The Labute approximate surface area is 165 Å². The van der Waals surface area contributed by atoms with Crippen LogP contribution in [-0.2, 0) is 11.3 Å². The van der Waals surface area contributed by atoms with Crippen LogP contribution >= 0.6 is 0 Å². The zero-order valence-corrected chi connectivity index (χ0v) is 15.7. The molecule has 0 unspecified atom stereocenters. The number of aromatic nitrogens is 3. The van der Waals surface area contributed by atoms with Gasteiger partial charge >= 0.3 is 0 Å². The van der Waals surface area contributed by atoms with Gasteiger partial charge in [0.2, 0.25) is 5.91 Å². The van der Waals surface area contributed by atoms with E-state index in [0.717, 1.165) is 5.56 Å². The lowest BCUT2D eigenvalue weighted by Gasteiger charge is -2.10. The number of nitrogens with one attached hydrogen (secondary N) is 1. The van der Waals surface area contributed by atoms with Crippen molar-refractivity contribution in [2.24, 2.45) is 0 Å². The number of aryl methyl sites for hydroxylation is 1. The second-order valence-electron chi connectivity index (χ2n) is 6.32. The third-order valence-corrected chi connectivity index (χ3v) is 4.46. The Kier molecular flexibility index (Phi) is 5.07. The van der Waals surface area contributed by atoms with Crippen LogP contribution in [0.1, 0.15) is 6.42 Å². The van der Waals surface area contributed by atoms with E-state index in [0.29, 0.717) is 22.6 Å². The van der Waals surface area contributed by atoms with Crippen LogP contribution in [0.15, 0.2) is 70.2 Å². The first-order chi connectivity index (χ1) is 14.2. The summed E-state index contributed by atoms with van der Waals surface area (Å²) in [4.78, 5) is 29.3. The van der Waals surface area contributed by atoms with Gasteiger partial charge in [-0.05, 0) is 12.1 Å². The monoisotopic (exact) mass is 390 g/mol. The number of amides is 1. The Hall–Kier alpha value is -3.94. The lowest BCUT2D eigenvalue weighted by atomic mass is 10.1. The van der Waals surface area contributed by atoms with Gasteiger partial charge in [-0.3, -0.25) is 14.2 Å². The molecular weight excluding hydrogens is 372 g/mol. The summed E-state index contributed by atoms with van der Waals surface area (Å²) in [7, 11) is 1.53. The smallest absolute Gasteiger partial charge is 0.299 e. The number of fused-ring (bicyclic) bond motifs is 1. The lowest BCUT2D eigenvalue weighted by Crippen LogP contribution is -2.23. The molecule has 1 amide bonds. The van der Waals surface area contributed by atoms with Gasteiger partial charge in [0.05, 0.1) is 19.1 Å². The zero-order chi connectivity index (χ0) is 20.2. The fourth-order valence-electron chi connectivity index (χ4n) is 2.98. The van der Waals surface area contributed by atoms with Crippen molar-refractivity contribution in [3.05, 3.63) is 71.3 Å². The molecule has 0 radical (unpaired) electrons. The molecule has 0 saturated carbocycles. The van der Waals surface area contributed by atoms with Crippen molar-refractivity contribution < 1.29 is 14.1 Å². The molecular formula is C21H18N4O4. The maximum absolute atomic E-state index is 12.7. The van der Waals surface area contributed by atoms with Crippen molar-refractivity contribution in [2.75, 3.05) is 12.4 Å². The summed E-state index contributed by atoms with van der Waals surface area (Å²) in [5, 5.41) is 6.77. The third-order valence-electron chi connectivity index (χ3n) is 4.46. The summed E-state index contributed by atoms with van der Waals surface area (Å²) in [5.74, 6) is 0.320. The minimum atomic E-state index is -0.380. The number of carbonyl (C=O) groups excluding carboxylic acids is 1. The quantitative estimate of drug-likeness (QED) is 0.543. The second-order valence-corrected chi connectivity index (χ2v) is 6.32. The van der Waals surface area contributed by atoms with E-state index < -0.39 is 0 Å². The van der Waals surface area contributed by atoms with E-state index in [-0.39, 0.29) is 30.0 Å². The number of benzene rings is 2. The van der Waals surface area contributed by atoms with Crippen LogP contribution in [0.3, 0.4) is 0 Å². The SMILES string of the molecule is COc1ccccc1NC(=O)CCn1cnc2c(-c3ccccc3)noc2c1=O. The van der Waals surface area contributed by atoms with Crippen LogP contribution in [0.4, 0.5) is 5.69 Å². The normalized spacial score (nSPS) is 10.8. The summed E-state index contributed by atoms with van der Waals surface area (Å²) in [6, 6.07) is 16.5. The van der Waals surface area contributed by atoms with Crippen LogP contribution < -0.4 is 15.6 Å². The van der Waals surface area contributed by atoms with Crippen LogP contribution in [0, 0.1) is 0 Å². The molecule has 0 saturated heterocycles. The summed E-state index contributed by atoms with van der Waals surface area (Å²) in [6.45, 7) is 0.157. The number of para-hydroxylation sites is 2. The maximum atomic E-state index is 12.7. The van der Waals surface area contributed by atoms with E-state index in [2.05, 4.69) is 15.5 Å². The Morgan fingerprint density at radius 1 is 1.14 bits per heavy atom. The highest BCUT2D eigenvalue weighted by atomic mass is 16.5. The molecule has 8 nitrogen and oxygen atoms in total. The Bertz CT molecular complexity index is 1210. The summed E-state index contributed by atoms with van der Waals surface area (Å²) < 4.78 is 11.8. The number of ether oxygens (including phenoxy) is 1. The molecule has 4 aromatic rings. The predicted octanol–water partition coefficient (Wildman–Crippen LogP) is 3.09. The molecule has 1 N–H and O–H groups in total. The third kappa shape index (κ3) is 3.73. The van der Waals surface area contributed by atoms with Gasteiger partial charge in [-0.1, -0.05) is 47.6 Å². The van der Waals surface area contributed by atoms with Crippen LogP contribution in [0.25, 0.3) is 22.4 Å². The molecule has 0 bridgehead atoms. The molecule has 2 aromatic heterocycles. The van der Waals surface area contributed by atoms with E-state index in [1.165, 1.54) is 18.0 Å². The molecule has 4 rings (SSSR count). The molecule has 146 valence electrons. The van der Waals surface area contributed by atoms with Gasteiger partial charge in [-0.25, -0.2) is 4.98 Å². The van der Waals surface area contributed by atoms with Crippen molar-refractivity contribution in [2.45, 2.75) is 13.0 Å². The van der Waals surface area contributed by atoms with Gasteiger partial charge in [0, 0.05) is 18.5 Å². The molecule has 0 atom stereocenters. The fraction of sp³-hybridized carbons (Fsp3) is 0.143. The summed E-state index contributed by atoms with van der Waals surface area (Å²) >= 11 is 0. The van der Waals surface area contributed by atoms with E-state index in [4.69, 9.17) is 9.26 Å². The lowest BCUT2D eigenvalue weighted by molar-refractivity contribution is -0.116. The van der Waals surface area contributed by atoms with Gasteiger partial charge in [0.25, 0.3) is 11.1 Å². The number of anilines is 1. The van der Waals surface area contributed by atoms with Crippen LogP contribution in [-0.4, -0.2) is 27.7 Å². The van der Waals surface area contributed by atoms with Gasteiger partial charge in [0.15, 0.2) is 0 Å². The fourth-order valence-corrected chi connectivity index (χ4v) is 2.98. The second kappa shape index (κ2) is 7.97. The minimum absolute atomic E-state index is 0.0662. The standard InChI is InChI=1S/C21H18N4O4/c1-28-16-10-6-5-9-15(16)23-17(26)11-12-25-13-22-19-18(14-7-3-2-4-8-14)24-29-20(19)21(25)27/h2-10,13H,11-12H2,1H3,(H,23,26). The van der Waals surface area contributed by atoms with Crippen molar-refractivity contribution in [1.82, 2.24) is 14.7 Å². The zero-order valence-electron chi connectivity index (χ0n) is 15.7. The molecule has 29 heavy (non-hydrogen) atoms. The highest BCUT2D eigenvalue weighted by Gasteiger charge is 2.16. The molecule has 0 aliphatic carbocycles. The van der Waals surface area contributed by atoms with E-state index >= 15 is 0 Å². The summed E-state index contributed by atoms with van der Waals surface area (Å²) in [5.41, 5.74) is 1.98. The molecule has 8 heteroatoms. The van der Waals surface area contributed by atoms with E-state index in [9.17, 15) is 9.59 Å². The van der Waals surface area contributed by atoms with Crippen LogP contribution in [0.5, 0.6) is 5.75 Å².